The van der Waals surface area contributed by atoms with Crippen LogP contribution in [-0.2, 0) is 5.88 Å². The molecule has 2 unspecified atom stereocenters. The van der Waals surface area contributed by atoms with Crippen LogP contribution in [0.25, 0.3) is 0 Å². The molecule has 1 fully saturated rings. The number of rotatable bonds is 3. The van der Waals surface area contributed by atoms with Crippen molar-refractivity contribution in [3.63, 3.8) is 0 Å². The molecule has 1 saturated carbocycles. The summed E-state index contributed by atoms with van der Waals surface area (Å²) in [6.45, 7) is 6.87. The Morgan fingerprint density at radius 1 is 1.42 bits per heavy atom. The van der Waals surface area contributed by atoms with Crippen LogP contribution >= 0.6 is 23.2 Å². The topological polar surface area (TPSA) is 22.1 Å². The molecule has 2 nitrogen and oxygen atoms in total. The van der Waals surface area contributed by atoms with Gasteiger partial charge in [-0.05, 0) is 42.2 Å². The minimum Gasteiger partial charge on any atom is -0.473 e. The molecule has 2 rings (SSSR count). The van der Waals surface area contributed by atoms with Crippen LogP contribution < -0.4 is 4.74 Å². The molecule has 0 radical (unpaired) electrons. The molecule has 4 heteroatoms. The van der Waals surface area contributed by atoms with Crippen LogP contribution in [0.2, 0.25) is 5.02 Å². The minimum absolute atomic E-state index is 0.200. The third-order valence-electron chi connectivity index (χ3n) is 3.64. The molecule has 19 heavy (non-hydrogen) atoms. The van der Waals surface area contributed by atoms with Gasteiger partial charge in [-0.2, -0.15) is 0 Å². The lowest BCUT2D eigenvalue weighted by molar-refractivity contribution is 0.0533. The normalized spacial score (nSPS) is 26.2. The van der Waals surface area contributed by atoms with Gasteiger partial charge in [0.25, 0.3) is 0 Å². The smallest absolute Gasteiger partial charge is 0.232 e. The van der Waals surface area contributed by atoms with Gasteiger partial charge in [-0.1, -0.05) is 32.4 Å². The van der Waals surface area contributed by atoms with Gasteiger partial charge in [0.15, 0.2) is 0 Å². The van der Waals surface area contributed by atoms with E-state index in [-0.39, 0.29) is 6.10 Å². The van der Waals surface area contributed by atoms with E-state index in [1.807, 2.05) is 6.07 Å². The van der Waals surface area contributed by atoms with Crippen molar-refractivity contribution in [2.75, 3.05) is 0 Å². The van der Waals surface area contributed by atoms with Gasteiger partial charge < -0.3 is 4.74 Å². The molecule has 0 aromatic carbocycles. The molecule has 0 saturated heterocycles. The Bertz CT molecular complexity index is 448. The fourth-order valence-corrected chi connectivity index (χ4v) is 3.51. The Hall–Kier alpha value is -0.470. The molecule has 1 heterocycles. The van der Waals surface area contributed by atoms with Crippen molar-refractivity contribution in [3.8, 4) is 5.88 Å². The van der Waals surface area contributed by atoms with Gasteiger partial charge >= 0.3 is 0 Å². The van der Waals surface area contributed by atoms with Gasteiger partial charge in [0.1, 0.15) is 11.1 Å². The zero-order chi connectivity index (χ0) is 14.0. The summed E-state index contributed by atoms with van der Waals surface area (Å²) in [7, 11) is 0. The van der Waals surface area contributed by atoms with Crippen molar-refractivity contribution in [1.82, 2.24) is 4.98 Å². The number of nitrogens with zero attached hydrogens (tertiary/aromatic N) is 1. The molecule has 1 aliphatic carbocycles. The third-order valence-corrected chi connectivity index (χ3v) is 4.22. The van der Waals surface area contributed by atoms with Gasteiger partial charge in [-0.15, -0.1) is 11.6 Å². The number of halogens is 2. The van der Waals surface area contributed by atoms with Crippen LogP contribution in [-0.4, -0.2) is 11.1 Å². The summed E-state index contributed by atoms with van der Waals surface area (Å²) >= 11 is 11.9. The maximum Gasteiger partial charge on any atom is 0.232 e. The summed E-state index contributed by atoms with van der Waals surface area (Å²) in [4.78, 5) is 4.28. The first-order valence-electron chi connectivity index (χ1n) is 6.76. The second-order valence-corrected chi connectivity index (χ2v) is 7.09. The zero-order valence-electron chi connectivity index (χ0n) is 11.7. The van der Waals surface area contributed by atoms with Gasteiger partial charge in [0.2, 0.25) is 5.88 Å². The van der Waals surface area contributed by atoms with Gasteiger partial charge in [-0.25, -0.2) is 4.98 Å². The van der Waals surface area contributed by atoms with E-state index in [4.69, 9.17) is 27.9 Å². The summed E-state index contributed by atoms with van der Waals surface area (Å²) in [5.74, 6) is 1.63. The molecule has 0 N–H and O–H groups in total. The zero-order valence-corrected chi connectivity index (χ0v) is 13.3. The van der Waals surface area contributed by atoms with E-state index >= 15 is 0 Å². The van der Waals surface area contributed by atoms with Crippen molar-refractivity contribution >= 4 is 23.2 Å². The van der Waals surface area contributed by atoms with Gasteiger partial charge in [-0.3, -0.25) is 0 Å². The van der Waals surface area contributed by atoms with Crippen molar-refractivity contribution in [3.05, 3.63) is 22.8 Å². The highest BCUT2D eigenvalue weighted by atomic mass is 35.5. The Morgan fingerprint density at radius 2 is 2.16 bits per heavy atom. The Balaban J connectivity index is 2.08. The standard InChI is InChI=1S/C15H21Cl2NO/c1-10-4-12(7-15(2,3)6-10)19-14-13(17)5-11(8-16)9-18-14/h5,9-10,12H,4,6-8H2,1-3H3. The number of alkyl halides is 1. The van der Waals surface area contributed by atoms with E-state index in [9.17, 15) is 0 Å². The molecule has 1 aromatic rings. The number of ether oxygens (including phenoxy) is 1. The lowest BCUT2D eigenvalue weighted by Crippen LogP contribution is -2.34. The van der Waals surface area contributed by atoms with Crippen LogP contribution in [0.5, 0.6) is 5.88 Å². The quantitative estimate of drug-likeness (QED) is 0.727. The number of hydrogen-bond donors (Lipinski definition) is 0. The second kappa shape index (κ2) is 5.88. The van der Waals surface area contributed by atoms with Crippen molar-refractivity contribution < 1.29 is 4.74 Å². The van der Waals surface area contributed by atoms with E-state index < -0.39 is 0 Å². The van der Waals surface area contributed by atoms with Crippen LogP contribution in [0.4, 0.5) is 0 Å². The summed E-state index contributed by atoms with van der Waals surface area (Å²) in [5.41, 5.74) is 1.24. The monoisotopic (exact) mass is 301 g/mol. The average Bonchev–Trinajstić information content (AvgIpc) is 2.29. The van der Waals surface area contributed by atoms with Crippen LogP contribution in [0.15, 0.2) is 12.3 Å². The molecule has 0 spiro atoms. The van der Waals surface area contributed by atoms with Gasteiger partial charge in [0, 0.05) is 12.1 Å². The highest BCUT2D eigenvalue weighted by Gasteiger charge is 2.33. The maximum absolute atomic E-state index is 6.19. The van der Waals surface area contributed by atoms with Crippen molar-refractivity contribution in [2.45, 2.75) is 52.0 Å². The minimum atomic E-state index is 0.200. The lowest BCUT2D eigenvalue weighted by Gasteiger charge is -2.38. The molecule has 0 bridgehead atoms. The Labute approximate surface area is 125 Å². The number of hydrogen-bond acceptors (Lipinski definition) is 2. The first-order chi connectivity index (χ1) is 8.89. The number of pyridine rings is 1. The van der Waals surface area contributed by atoms with E-state index in [1.165, 1.54) is 6.42 Å². The maximum atomic E-state index is 6.19. The molecule has 1 aromatic heterocycles. The highest BCUT2D eigenvalue weighted by molar-refractivity contribution is 6.32. The first kappa shape index (κ1) is 14.9. The summed E-state index contributed by atoms with van der Waals surface area (Å²) in [6.07, 6.45) is 5.29. The summed E-state index contributed by atoms with van der Waals surface area (Å²) in [5, 5.41) is 0.550. The summed E-state index contributed by atoms with van der Waals surface area (Å²) < 4.78 is 6.01. The molecule has 2 atom stereocenters. The van der Waals surface area contributed by atoms with Crippen LogP contribution in [0.1, 0.15) is 45.6 Å². The predicted octanol–water partition coefficient (Wildman–Crippen LogP) is 5.07. The molecule has 0 amide bonds. The number of aromatic nitrogens is 1. The van der Waals surface area contributed by atoms with E-state index in [0.717, 1.165) is 18.4 Å². The fourth-order valence-electron chi connectivity index (χ4n) is 3.13. The SMILES string of the molecule is CC1CC(Oc2ncc(CCl)cc2Cl)CC(C)(C)C1. The van der Waals surface area contributed by atoms with Crippen LogP contribution in [0, 0.1) is 11.3 Å². The Morgan fingerprint density at radius 3 is 2.74 bits per heavy atom. The van der Waals surface area contributed by atoms with Crippen LogP contribution in [0.3, 0.4) is 0 Å². The molecular formula is C15H21Cl2NO. The first-order valence-corrected chi connectivity index (χ1v) is 7.68. The van der Waals surface area contributed by atoms with Crippen molar-refractivity contribution in [1.29, 1.82) is 0 Å². The van der Waals surface area contributed by atoms with Gasteiger partial charge in [0.05, 0.1) is 0 Å². The van der Waals surface area contributed by atoms with E-state index in [2.05, 4.69) is 25.8 Å². The third kappa shape index (κ3) is 4.00. The fraction of sp³-hybridized carbons (Fsp3) is 0.667. The van der Waals surface area contributed by atoms with Crippen molar-refractivity contribution in [2.24, 2.45) is 11.3 Å². The highest BCUT2D eigenvalue weighted by Crippen LogP contribution is 2.40. The summed E-state index contributed by atoms with van der Waals surface area (Å²) in [6, 6.07) is 1.83. The molecular weight excluding hydrogens is 281 g/mol. The predicted molar refractivity (Wildman–Crippen MR) is 80.0 cm³/mol. The Kier molecular flexibility index (Phi) is 4.62. The van der Waals surface area contributed by atoms with E-state index in [1.54, 1.807) is 6.20 Å². The molecule has 0 aliphatic heterocycles. The van der Waals surface area contributed by atoms with E-state index in [0.29, 0.717) is 28.1 Å². The molecule has 106 valence electrons. The molecule has 1 aliphatic rings. The largest absolute Gasteiger partial charge is 0.473 e. The lowest BCUT2D eigenvalue weighted by atomic mass is 9.71. The average molecular weight is 302 g/mol. The second-order valence-electron chi connectivity index (χ2n) is 6.42.